The van der Waals surface area contributed by atoms with Gasteiger partial charge in [-0.2, -0.15) is 0 Å². The lowest BCUT2D eigenvalue weighted by Gasteiger charge is -2.20. The van der Waals surface area contributed by atoms with E-state index in [0.29, 0.717) is 12.1 Å². The highest BCUT2D eigenvalue weighted by molar-refractivity contribution is 5.87. The van der Waals surface area contributed by atoms with E-state index in [1.54, 1.807) is 6.08 Å². The molecule has 0 aliphatic heterocycles. The third-order valence-corrected chi connectivity index (χ3v) is 6.94. The van der Waals surface area contributed by atoms with Gasteiger partial charge in [-0.05, 0) is 64.6 Å². The molecule has 0 atom stereocenters. The lowest BCUT2D eigenvalue weighted by atomic mass is 9.91. The average Bonchev–Trinajstić information content (AvgIpc) is 2.98. The van der Waals surface area contributed by atoms with Crippen molar-refractivity contribution in [3.8, 4) is 11.1 Å². The number of esters is 1. The normalized spacial score (nSPS) is 12.9. The zero-order valence-corrected chi connectivity index (χ0v) is 24.5. The molecule has 6 heteroatoms. The van der Waals surface area contributed by atoms with Gasteiger partial charge in [-0.25, -0.2) is 9.18 Å². The van der Waals surface area contributed by atoms with Gasteiger partial charge in [0.25, 0.3) is 0 Å². The molecule has 3 aromatic rings. The first-order chi connectivity index (χ1) is 19.2. The number of carbonyl (C=O) groups is 2. The minimum absolute atomic E-state index is 0.356. The van der Waals surface area contributed by atoms with Crippen molar-refractivity contribution in [1.82, 2.24) is 0 Å². The first kappa shape index (κ1) is 32.3. The zero-order chi connectivity index (χ0) is 29.5. The smallest absolute Gasteiger partial charge is 0.330 e. The lowest BCUT2D eigenvalue weighted by molar-refractivity contribution is -0.134. The molecule has 0 radical (unpaired) electrons. The van der Waals surface area contributed by atoms with Gasteiger partial charge in [-0.1, -0.05) is 75.4 Å². The zero-order valence-electron chi connectivity index (χ0n) is 24.5. The summed E-state index contributed by atoms with van der Waals surface area (Å²) in [4.78, 5) is 23.3. The van der Waals surface area contributed by atoms with Crippen LogP contribution in [0.5, 0.6) is 0 Å². The highest BCUT2D eigenvalue weighted by Gasteiger charge is 2.08. The number of nitrogens with zero attached hydrogens (tertiary/aromatic N) is 2. The summed E-state index contributed by atoms with van der Waals surface area (Å²) < 4.78 is 18.7. The summed E-state index contributed by atoms with van der Waals surface area (Å²) in [5.41, 5.74) is 5.93. The molecule has 0 aromatic heterocycles. The van der Waals surface area contributed by atoms with E-state index in [9.17, 15) is 9.18 Å². The maximum atomic E-state index is 14.1. The van der Waals surface area contributed by atoms with Crippen molar-refractivity contribution in [2.45, 2.75) is 45.6 Å². The molecule has 1 fully saturated rings. The van der Waals surface area contributed by atoms with Crippen LogP contribution in [0.1, 0.15) is 50.2 Å². The molecule has 0 bridgehead atoms. The van der Waals surface area contributed by atoms with Crippen LogP contribution in [0.3, 0.4) is 0 Å². The Bertz CT molecular complexity index is 1200. The van der Waals surface area contributed by atoms with E-state index in [1.807, 2.05) is 38.9 Å². The molecule has 214 valence electrons. The summed E-state index contributed by atoms with van der Waals surface area (Å²) in [6, 6.07) is 21.5. The quantitative estimate of drug-likeness (QED) is 0.224. The summed E-state index contributed by atoms with van der Waals surface area (Å²) in [7, 11) is 7.27. The van der Waals surface area contributed by atoms with Crippen LogP contribution < -0.4 is 9.80 Å². The fraction of sp³-hybridized carbons (Fsp3) is 0.353. The van der Waals surface area contributed by atoms with E-state index >= 15 is 0 Å². The van der Waals surface area contributed by atoms with Gasteiger partial charge >= 0.3 is 5.97 Å². The molecular weight excluding hydrogens is 503 g/mol. The summed E-state index contributed by atoms with van der Waals surface area (Å²) in [5, 5.41) is 0. The number of carbonyl (C=O) groups excluding carboxylic acids is 2. The molecule has 0 unspecified atom stereocenters. The molecule has 0 spiro atoms. The van der Waals surface area contributed by atoms with Crippen LogP contribution in [0, 0.1) is 11.7 Å². The highest BCUT2D eigenvalue weighted by Crippen LogP contribution is 2.25. The number of hydrogen-bond donors (Lipinski definition) is 0. The summed E-state index contributed by atoms with van der Waals surface area (Å²) in [5.74, 6) is 0.203. The summed E-state index contributed by atoms with van der Waals surface area (Å²) in [6.07, 6.45) is 10.3. The van der Waals surface area contributed by atoms with Gasteiger partial charge in [0.2, 0.25) is 0 Å². The van der Waals surface area contributed by atoms with Gasteiger partial charge in [0.1, 0.15) is 12.6 Å². The Morgan fingerprint density at radius 1 is 0.900 bits per heavy atom. The molecule has 5 nitrogen and oxygen atoms in total. The molecule has 40 heavy (non-hydrogen) atoms. The van der Waals surface area contributed by atoms with Crippen LogP contribution in [0.25, 0.3) is 17.2 Å². The van der Waals surface area contributed by atoms with Gasteiger partial charge in [0, 0.05) is 45.1 Å². The van der Waals surface area contributed by atoms with Crippen molar-refractivity contribution in [2.24, 2.45) is 5.92 Å². The second-order valence-electron chi connectivity index (χ2n) is 10.3. The van der Waals surface area contributed by atoms with Crippen LogP contribution in [0.4, 0.5) is 15.8 Å². The molecule has 0 heterocycles. The topological polar surface area (TPSA) is 49.9 Å². The SMILES string of the molecule is C=O.CC1CCCCC1.COC(=O)/C=C/c1cc(F)cc(N(C)Cc2ccc(-c3ccc(N(C)C)cc3)cc2)c1. The van der Waals surface area contributed by atoms with Crippen molar-refractivity contribution >= 4 is 30.2 Å². The maximum absolute atomic E-state index is 14.1. The third-order valence-electron chi connectivity index (χ3n) is 6.94. The summed E-state index contributed by atoms with van der Waals surface area (Å²) >= 11 is 0. The van der Waals surface area contributed by atoms with Gasteiger partial charge in [0.15, 0.2) is 0 Å². The molecule has 4 rings (SSSR count). The average molecular weight is 547 g/mol. The number of benzene rings is 3. The Hall–Kier alpha value is -3.93. The Labute approximate surface area is 239 Å². The minimum atomic E-state index is -0.476. The number of methoxy groups -OCH3 is 1. The van der Waals surface area contributed by atoms with E-state index in [-0.39, 0.29) is 5.82 Å². The predicted molar refractivity (Wildman–Crippen MR) is 165 cm³/mol. The molecule has 1 aliphatic carbocycles. The van der Waals surface area contributed by atoms with Crippen LogP contribution in [0.2, 0.25) is 0 Å². The van der Waals surface area contributed by atoms with E-state index in [4.69, 9.17) is 4.79 Å². The number of hydrogen-bond acceptors (Lipinski definition) is 5. The molecule has 3 aromatic carbocycles. The van der Waals surface area contributed by atoms with E-state index in [0.717, 1.165) is 34.0 Å². The minimum Gasteiger partial charge on any atom is -0.466 e. The largest absolute Gasteiger partial charge is 0.466 e. The first-order valence-corrected chi connectivity index (χ1v) is 13.7. The Morgan fingerprint density at radius 2 is 1.48 bits per heavy atom. The number of ether oxygens (including phenoxy) is 1. The van der Waals surface area contributed by atoms with Gasteiger partial charge in [-0.15, -0.1) is 0 Å². The fourth-order valence-electron chi connectivity index (χ4n) is 4.57. The summed E-state index contributed by atoms with van der Waals surface area (Å²) in [6.45, 7) is 4.99. The molecule has 0 N–H and O–H groups in total. The second-order valence-corrected chi connectivity index (χ2v) is 10.3. The van der Waals surface area contributed by atoms with Crippen molar-refractivity contribution in [3.63, 3.8) is 0 Å². The van der Waals surface area contributed by atoms with E-state index in [1.165, 1.54) is 57.4 Å². The van der Waals surface area contributed by atoms with Crippen molar-refractivity contribution in [1.29, 1.82) is 0 Å². The molecular formula is C34H43FN2O3. The first-order valence-electron chi connectivity index (χ1n) is 13.7. The molecule has 0 amide bonds. The van der Waals surface area contributed by atoms with Crippen LogP contribution in [-0.4, -0.2) is 41.0 Å². The Balaban J connectivity index is 0.000000534. The number of anilines is 2. The monoisotopic (exact) mass is 546 g/mol. The maximum Gasteiger partial charge on any atom is 0.330 e. The lowest BCUT2D eigenvalue weighted by Crippen LogP contribution is -2.16. The van der Waals surface area contributed by atoms with Gasteiger partial charge in [0.05, 0.1) is 7.11 Å². The second kappa shape index (κ2) is 16.9. The van der Waals surface area contributed by atoms with Gasteiger partial charge < -0.3 is 19.3 Å². The predicted octanol–water partition coefficient (Wildman–Crippen LogP) is 7.78. The molecule has 1 aliphatic rings. The number of halogens is 1. The highest BCUT2D eigenvalue weighted by atomic mass is 19.1. The number of rotatable bonds is 7. The van der Waals surface area contributed by atoms with Crippen molar-refractivity contribution in [3.05, 3.63) is 89.8 Å². The Kier molecular flexibility index (Phi) is 13.6. The van der Waals surface area contributed by atoms with E-state index < -0.39 is 5.97 Å². The van der Waals surface area contributed by atoms with Crippen molar-refractivity contribution < 1.29 is 18.7 Å². The molecule has 1 saturated carbocycles. The van der Waals surface area contributed by atoms with Crippen molar-refractivity contribution in [2.75, 3.05) is 38.1 Å². The van der Waals surface area contributed by atoms with Crippen LogP contribution in [-0.2, 0) is 20.9 Å². The van der Waals surface area contributed by atoms with Crippen LogP contribution >= 0.6 is 0 Å². The fourth-order valence-corrected chi connectivity index (χ4v) is 4.57. The van der Waals surface area contributed by atoms with Gasteiger partial charge in [-0.3, -0.25) is 0 Å². The van der Waals surface area contributed by atoms with E-state index in [2.05, 4.69) is 65.1 Å². The van der Waals surface area contributed by atoms with Crippen LogP contribution in [0.15, 0.2) is 72.8 Å². The Morgan fingerprint density at radius 3 is 1.98 bits per heavy atom. The standard InChI is InChI=1S/C26H27FN2O2.C7H14.CH2O/c1-28(2)24-12-10-22(11-13-24)21-8-5-19(6-9-21)18-29(3)25-16-20(15-23(27)17-25)7-14-26(30)31-4;1-7-5-3-2-4-6-7;1-2/h5-17H,18H2,1-4H3;7H,2-6H2,1H3;1H2/b14-7+;;. The molecule has 0 saturated heterocycles. The third kappa shape index (κ3) is 10.7.